The number of hydrogen-bond acceptors (Lipinski definition) is 8. The number of rotatable bonds is 5. The number of fused-ring (bicyclic) bond motifs is 1. The second-order valence-corrected chi connectivity index (χ2v) is 7.94. The quantitative estimate of drug-likeness (QED) is 0.406. The maximum absolute atomic E-state index is 13.3. The lowest BCUT2D eigenvalue weighted by Crippen LogP contribution is -2.22. The highest BCUT2D eigenvalue weighted by Crippen LogP contribution is 2.30. The molecule has 3 N–H and O–H groups in total. The van der Waals surface area contributed by atoms with Gasteiger partial charge in [-0.2, -0.15) is 15.0 Å². The number of nitrogens with two attached hydrogens (primary N) is 1. The zero-order valence-corrected chi connectivity index (χ0v) is 17.7. The molecule has 0 fully saturated rings. The van der Waals surface area contributed by atoms with Crippen molar-refractivity contribution in [1.29, 1.82) is 0 Å². The summed E-state index contributed by atoms with van der Waals surface area (Å²) < 4.78 is 27.8. The minimum absolute atomic E-state index is 0.00525. The van der Waals surface area contributed by atoms with Crippen molar-refractivity contribution in [2.75, 3.05) is 11.1 Å². The van der Waals surface area contributed by atoms with Gasteiger partial charge in [-0.05, 0) is 42.0 Å². The fraction of sp³-hybridized carbons (Fsp3) is 0.0455. The molecule has 0 spiro atoms. The summed E-state index contributed by atoms with van der Waals surface area (Å²) >= 11 is 1.33. The number of anilines is 3. The maximum atomic E-state index is 13.3. The van der Waals surface area contributed by atoms with Crippen LogP contribution in [0.4, 0.5) is 26.4 Å². The summed E-state index contributed by atoms with van der Waals surface area (Å²) in [7, 11) is 0. The van der Waals surface area contributed by atoms with Crippen molar-refractivity contribution in [3.05, 3.63) is 88.1 Å². The van der Waals surface area contributed by atoms with Gasteiger partial charge in [0.2, 0.25) is 11.9 Å². The Morgan fingerprint density at radius 3 is 2.39 bits per heavy atom. The van der Waals surface area contributed by atoms with Gasteiger partial charge in [0.15, 0.2) is 5.82 Å². The predicted molar refractivity (Wildman–Crippen MR) is 122 cm³/mol. The summed E-state index contributed by atoms with van der Waals surface area (Å²) in [5.74, 6) is -0.352. The molecule has 164 valence electrons. The number of nitrogens with one attached hydrogen (secondary N) is 1. The number of benzene rings is 2. The van der Waals surface area contributed by atoms with Crippen molar-refractivity contribution in [1.82, 2.24) is 24.5 Å². The van der Waals surface area contributed by atoms with Crippen LogP contribution in [0.2, 0.25) is 0 Å². The first-order valence-corrected chi connectivity index (χ1v) is 10.6. The van der Waals surface area contributed by atoms with Crippen LogP contribution >= 0.6 is 11.3 Å². The van der Waals surface area contributed by atoms with Gasteiger partial charge in [0.25, 0.3) is 5.56 Å². The van der Waals surface area contributed by atoms with Crippen LogP contribution in [-0.2, 0) is 6.54 Å². The van der Waals surface area contributed by atoms with Crippen molar-refractivity contribution in [3.63, 3.8) is 0 Å². The second-order valence-electron chi connectivity index (χ2n) is 7.08. The lowest BCUT2D eigenvalue weighted by Gasteiger charge is -2.09. The molecule has 11 heteroatoms. The summed E-state index contributed by atoms with van der Waals surface area (Å²) in [6, 6.07) is 11.6. The molecule has 5 rings (SSSR count). The molecule has 0 aliphatic heterocycles. The van der Waals surface area contributed by atoms with Crippen LogP contribution in [0.25, 0.3) is 21.3 Å². The maximum Gasteiger partial charge on any atom is 0.263 e. The van der Waals surface area contributed by atoms with Crippen molar-refractivity contribution >= 4 is 39.1 Å². The molecule has 8 nitrogen and oxygen atoms in total. The van der Waals surface area contributed by atoms with Gasteiger partial charge in [-0.3, -0.25) is 9.36 Å². The van der Waals surface area contributed by atoms with E-state index in [2.05, 4.69) is 25.3 Å². The highest BCUT2D eigenvalue weighted by molar-refractivity contribution is 7.17. The van der Waals surface area contributed by atoms with Crippen molar-refractivity contribution < 1.29 is 8.78 Å². The van der Waals surface area contributed by atoms with Gasteiger partial charge in [0.1, 0.15) is 16.5 Å². The Morgan fingerprint density at radius 2 is 1.67 bits per heavy atom. The van der Waals surface area contributed by atoms with Gasteiger partial charge in [-0.1, -0.05) is 12.1 Å². The molecular weight excluding hydrogens is 448 g/mol. The average Bonchev–Trinajstić information content (AvgIpc) is 3.22. The summed E-state index contributed by atoms with van der Waals surface area (Å²) in [6.45, 7) is 0.00525. The minimum Gasteiger partial charge on any atom is -0.368 e. The third-order valence-corrected chi connectivity index (χ3v) is 5.71. The van der Waals surface area contributed by atoms with Crippen molar-refractivity contribution in [2.24, 2.45) is 0 Å². The summed E-state index contributed by atoms with van der Waals surface area (Å²) in [5.41, 5.74) is 7.50. The number of thiophene rings is 1. The molecule has 0 saturated carbocycles. The molecule has 0 unspecified atom stereocenters. The van der Waals surface area contributed by atoms with Gasteiger partial charge < -0.3 is 11.1 Å². The average molecular weight is 463 g/mol. The molecule has 5 aromatic rings. The van der Waals surface area contributed by atoms with Gasteiger partial charge >= 0.3 is 0 Å². The predicted octanol–water partition coefficient (Wildman–Crippen LogP) is 3.96. The highest BCUT2D eigenvalue weighted by atomic mass is 32.1. The molecule has 0 bridgehead atoms. The van der Waals surface area contributed by atoms with Gasteiger partial charge in [0, 0.05) is 16.6 Å². The van der Waals surface area contributed by atoms with Gasteiger partial charge in [-0.25, -0.2) is 13.8 Å². The SMILES string of the molecule is Nc1nc(Cn2cnc3scc(-c4ccc(F)cc4)c3c2=O)nc(Nc2ccc(F)cc2)n1. The smallest absolute Gasteiger partial charge is 0.263 e. The first-order valence-electron chi connectivity index (χ1n) is 9.72. The van der Waals surface area contributed by atoms with E-state index < -0.39 is 0 Å². The first-order chi connectivity index (χ1) is 16.0. The topological polar surface area (TPSA) is 112 Å². The Bertz CT molecular complexity index is 1520. The lowest BCUT2D eigenvalue weighted by atomic mass is 10.1. The standard InChI is InChI=1S/C22H15F2N7OS/c23-13-3-1-12(2-4-13)16-10-33-19-18(16)20(32)31(11-26-19)9-17-28-21(25)30-22(29-17)27-15-7-5-14(24)6-8-15/h1-8,10-11H,9H2,(H3,25,27,28,29,30). The number of nitrogen functional groups attached to an aromatic ring is 1. The molecule has 0 radical (unpaired) electrons. The van der Waals surface area contributed by atoms with E-state index in [-0.39, 0.29) is 41.5 Å². The van der Waals surface area contributed by atoms with Crippen molar-refractivity contribution in [3.8, 4) is 11.1 Å². The fourth-order valence-corrected chi connectivity index (χ4v) is 4.21. The minimum atomic E-state index is -0.368. The number of aromatic nitrogens is 5. The van der Waals surface area contributed by atoms with Crippen molar-refractivity contribution in [2.45, 2.75) is 6.54 Å². The summed E-state index contributed by atoms with van der Waals surface area (Å²) in [4.78, 5) is 30.7. The fourth-order valence-electron chi connectivity index (χ4n) is 3.30. The van der Waals surface area contributed by atoms with E-state index in [1.54, 1.807) is 12.1 Å². The van der Waals surface area contributed by atoms with E-state index in [1.807, 2.05) is 5.38 Å². The lowest BCUT2D eigenvalue weighted by molar-refractivity contribution is 0.627. The molecule has 3 aromatic heterocycles. The molecule has 3 heterocycles. The normalized spacial score (nSPS) is 11.1. The van der Waals surface area contributed by atoms with E-state index in [0.717, 1.165) is 5.56 Å². The van der Waals surface area contributed by atoms with Crippen LogP contribution in [0.1, 0.15) is 5.82 Å². The number of hydrogen-bond donors (Lipinski definition) is 2. The highest BCUT2D eigenvalue weighted by Gasteiger charge is 2.15. The van der Waals surface area contributed by atoms with E-state index in [0.29, 0.717) is 21.5 Å². The molecule has 0 saturated heterocycles. The monoisotopic (exact) mass is 463 g/mol. The molecule has 0 amide bonds. The molecule has 0 atom stereocenters. The van der Waals surface area contributed by atoms with Crippen LogP contribution in [0.5, 0.6) is 0 Å². The number of nitrogens with zero attached hydrogens (tertiary/aromatic N) is 5. The van der Waals surface area contributed by atoms with E-state index in [9.17, 15) is 13.6 Å². The van der Waals surface area contributed by atoms with Crippen LogP contribution in [0.3, 0.4) is 0 Å². The van der Waals surface area contributed by atoms with Gasteiger partial charge in [0.05, 0.1) is 18.3 Å². The Balaban J connectivity index is 1.49. The van der Waals surface area contributed by atoms with Crippen LogP contribution in [0.15, 0.2) is 65.0 Å². The first kappa shape index (κ1) is 20.6. The van der Waals surface area contributed by atoms with Crippen LogP contribution < -0.4 is 16.6 Å². The Kier molecular flexibility index (Phi) is 5.23. The molecular formula is C22H15F2N7OS. The zero-order chi connectivity index (χ0) is 22.9. The molecule has 33 heavy (non-hydrogen) atoms. The molecule has 0 aliphatic rings. The van der Waals surface area contributed by atoms with E-state index >= 15 is 0 Å². The Labute approximate surface area is 189 Å². The molecule has 0 aliphatic carbocycles. The molecule has 2 aromatic carbocycles. The van der Waals surface area contributed by atoms with E-state index in [4.69, 9.17) is 5.73 Å². The largest absolute Gasteiger partial charge is 0.368 e. The number of halogens is 2. The Morgan fingerprint density at radius 1 is 0.970 bits per heavy atom. The third-order valence-electron chi connectivity index (χ3n) is 4.83. The second kappa shape index (κ2) is 8.36. The summed E-state index contributed by atoms with van der Waals surface area (Å²) in [6.07, 6.45) is 1.42. The summed E-state index contributed by atoms with van der Waals surface area (Å²) in [5, 5.41) is 5.19. The van der Waals surface area contributed by atoms with Crippen LogP contribution in [0, 0.1) is 11.6 Å². The third kappa shape index (κ3) is 4.26. The Hall–Kier alpha value is -4.25. The zero-order valence-electron chi connectivity index (χ0n) is 16.9. The van der Waals surface area contributed by atoms with Crippen LogP contribution in [-0.4, -0.2) is 24.5 Å². The van der Waals surface area contributed by atoms with E-state index in [1.165, 1.54) is 58.6 Å². The van der Waals surface area contributed by atoms with Gasteiger partial charge in [-0.15, -0.1) is 11.3 Å².